The number of amides is 1. The van der Waals surface area contributed by atoms with Gasteiger partial charge >= 0.3 is 5.97 Å². The van der Waals surface area contributed by atoms with Gasteiger partial charge in [0.25, 0.3) is 5.91 Å². The fourth-order valence-electron chi connectivity index (χ4n) is 3.10. The maximum atomic E-state index is 12.5. The second-order valence-corrected chi connectivity index (χ2v) is 5.64. The number of fused-ring (bicyclic) bond motifs is 2. The second kappa shape index (κ2) is 5.41. The zero-order chi connectivity index (χ0) is 16.7. The number of hydrogen-bond donors (Lipinski definition) is 3. The third kappa shape index (κ3) is 2.28. The van der Waals surface area contributed by atoms with Crippen molar-refractivity contribution in [3.8, 4) is 0 Å². The largest absolute Gasteiger partial charge is 0.481 e. The fraction of sp³-hybridized carbons (Fsp3) is 0.188. The Morgan fingerprint density at radius 1 is 1.12 bits per heavy atom. The Labute approximate surface area is 135 Å². The first-order valence-electron chi connectivity index (χ1n) is 7.43. The van der Waals surface area contributed by atoms with Gasteiger partial charge in [0, 0.05) is 0 Å². The number of carboxylic acids is 1. The number of carbonyl (C=O) groups is 2. The van der Waals surface area contributed by atoms with Crippen LogP contribution in [0.4, 0.5) is 0 Å². The number of nitrogens with one attached hydrogen (secondary N) is 2. The van der Waals surface area contributed by atoms with Crippen molar-refractivity contribution in [2.24, 2.45) is 0 Å². The summed E-state index contributed by atoms with van der Waals surface area (Å²) in [4.78, 5) is 28.1. The number of rotatable bonds is 3. The van der Waals surface area contributed by atoms with Gasteiger partial charge in [-0.25, -0.2) is 4.98 Å². The highest BCUT2D eigenvalue weighted by Crippen LogP contribution is 2.40. The average Bonchev–Trinajstić information content (AvgIpc) is 3.19. The Balaban J connectivity index is 1.61. The van der Waals surface area contributed by atoms with Gasteiger partial charge in [0.15, 0.2) is 0 Å². The molecule has 0 radical (unpaired) electrons. The maximum absolute atomic E-state index is 12.5. The summed E-state index contributed by atoms with van der Waals surface area (Å²) in [5.41, 5.74) is 2.73. The number of aliphatic carboxylic acids is 1. The number of carboxylic acid groups (broad SMARTS) is 1. The van der Waals surface area contributed by atoms with Gasteiger partial charge in [-0.2, -0.15) is 10.3 Å². The third-order valence-corrected chi connectivity index (χ3v) is 4.24. The summed E-state index contributed by atoms with van der Waals surface area (Å²) >= 11 is 0. The van der Waals surface area contributed by atoms with Crippen LogP contribution in [-0.4, -0.2) is 37.4 Å². The molecular weight excluding hydrogens is 310 g/mol. The fourth-order valence-corrected chi connectivity index (χ4v) is 3.10. The van der Waals surface area contributed by atoms with E-state index in [9.17, 15) is 14.7 Å². The minimum absolute atomic E-state index is 0.215. The van der Waals surface area contributed by atoms with E-state index in [2.05, 4.69) is 25.7 Å². The number of benzene rings is 1. The Bertz CT molecular complexity index is 952. The van der Waals surface area contributed by atoms with E-state index in [0.29, 0.717) is 17.6 Å². The summed E-state index contributed by atoms with van der Waals surface area (Å²) < 4.78 is 0. The Kier molecular flexibility index (Phi) is 3.23. The van der Waals surface area contributed by atoms with Crippen LogP contribution in [0, 0.1) is 0 Å². The third-order valence-electron chi connectivity index (χ3n) is 4.24. The standard InChI is InChI=1S/C16H13N5O3/c22-15(12-6-5-11-14(17-12)20-21-19-11)18-13-7-10(16(23)24)8-3-1-2-4-9(8)13/h1-6,10,13H,7H2,(H,18,22)(H,23,24)(H,17,19,20,21). The molecule has 0 bridgehead atoms. The van der Waals surface area contributed by atoms with Gasteiger partial charge in [-0.3, -0.25) is 9.59 Å². The summed E-state index contributed by atoms with van der Waals surface area (Å²) in [7, 11) is 0. The maximum Gasteiger partial charge on any atom is 0.311 e. The van der Waals surface area contributed by atoms with Gasteiger partial charge in [-0.15, -0.1) is 5.10 Å². The topological polar surface area (TPSA) is 121 Å². The first-order valence-corrected chi connectivity index (χ1v) is 7.43. The summed E-state index contributed by atoms with van der Waals surface area (Å²) in [5, 5.41) is 22.4. The Morgan fingerprint density at radius 3 is 2.71 bits per heavy atom. The van der Waals surface area contributed by atoms with Crippen LogP contribution < -0.4 is 5.32 Å². The second-order valence-electron chi connectivity index (χ2n) is 5.64. The molecule has 2 heterocycles. The molecule has 3 aromatic rings. The molecule has 120 valence electrons. The zero-order valence-electron chi connectivity index (χ0n) is 12.4. The van der Waals surface area contributed by atoms with Crippen LogP contribution in [0.5, 0.6) is 0 Å². The smallest absolute Gasteiger partial charge is 0.311 e. The highest BCUT2D eigenvalue weighted by molar-refractivity contribution is 5.94. The minimum atomic E-state index is -0.888. The van der Waals surface area contributed by atoms with Crippen LogP contribution in [0.25, 0.3) is 11.2 Å². The van der Waals surface area contributed by atoms with Gasteiger partial charge in [-0.05, 0) is 29.7 Å². The van der Waals surface area contributed by atoms with Crippen molar-refractivity contribution in [2.75, 3.05) is 0 Å². The predicted molar refractivity (Wildman–Crippen MR) is 83.3 cm³/mol. The molecule has 1 aromatic carbocycles. The van der Waals surface area contributed by atoms with E-state index in [4.69, 9.17) is 0 Å². The number of pyridine rings is 1. The van der Waals surface area contributed by atoms with Crippen LogP contribution >= 0.6 is 0 Å². The lowest BCUT2D eigenvalue weighted by molar-refractivity contribution is -0.138. The van der Waals surface area contributed by atoms with Gasteiger partial charge in [0.05, 0.1) is 12.0 Å². The minimum Gasteiger partial charge on any atom is -0.481 e. The van der Waals surface area contributed by atoms with E-state index in [1.54, 1.807) is 24.3 Å². The molecule has 1 amide bonds. The monoisotopic (exact) mass is 323 g/mol. The van der Waals surface area contributed by atoms with Gasteiger partial charge in [-0.1, -0.05) is 24.3 Å². The van der Waals surface area contributed by atoms with Crippen molar-refractivity contribution in [1.29, 1.82) is 0 Å². The molecule has 4 rings (SSSR count). The number of aromatic nitrogens is 4. The first kappa shape index (κ1) is 14.3. The van der Waals surface area contributed by atoms with Crippen LogP contribution in [-0.2, 0) is 4.79 Å². The van der Waals surface area contributed by atoms with E-state index in [0.717, 1.165) is 11.1 Å². The molecule has 2 atom stereocenters. The lowest BCUT2D eigenvalue weighted by Crippen LogP contribution is -2.28. The number of carbonyl (C=O) groups excluding carboxylic acids is 1. The molecule has 24 heavy (non-hydrogen) atoms. The van der Waals surface area contributed by atoms with Crippen molar-refractivity contribution in [2.45, 2.75) is 18.4 Å². The number of nitrogens with zero attached hydrogens (tertiary/aromatic N) is 3. The molecule has 2 unspecified atom stereocenters. The first-order chi connectivity index (χ1) is 11.6. The highest BCUT2D eigenvalue weighted by Gasteiger charge is 2.36. The van der Waals surface area contributed by atoms with Crippen molar-refractivity contribution in [3.05, 3.63) is 53.2 Å². The van der Waals surface area contributed by atoms with Crippen molar-refractivity contribution in [1.82, 2.24) is 25.7 Å². The zero-order valence-corrected chi connectivity index (χ0v) is 12.4. The molecule has 0 fully saturated rings. The molecule has 0 saturated carbocycles. The number of H-pyrrole nitrogens is 1. The lowest BCUT2D eigenvalue weighted by Gasteiger charge is -2.13. The molecule has 0 aliphatic heterocycles. The van der Waals surface area contributed by atoms with Gasteiger partial charge < -0.3 is 10.4 Å². The van der Waals surface area contributed by atoms with Crippen LogP contribution in [0.3, 0.4) is 0 Å². The Hall–Kier alpha value is -3.29. The van der Waals surface area contributed by atoms with E-state index in [1.165, 1.54) is 0 Å². The average molecular weight is 323 g/mol. The number of aromatic amines is 1. The molecule has 1 aliphatic rings. The molecular formula is C16H13N5O3. The molecule has 3 N–H and O–H groups in total. The normalized spacial score (nSPS) is 19.2. The van der Waals surface area contributed by atoms with E-state index in [1.807, 2.05) is 12.1 Å². The summed E-state index contributed by atoms with van der Waals surface area (Å²) in [6.07, 6.45) is 0.326. The van der Waals surface area contributed by atoms with Crippen molar-refractivity contribution in [3.63, 3.8) is 0 Å². The predicted octanol–water partition coefficient (Wildman–Crippen LogP) is 1.40. The summed E-state index contributed by atoms with van der Waals surface area (Å²) in [6, 6.07) is 10.1. The Morgan fingerprint density at radius 2 is 1.92 bits per heavy atom. The van der Waals surface area contributed by atoms with Crippen molar-refractivity contribution >= 4 is 23.0 Å². The van der Waals surface area contributed by atoms with Crippen LogP contribution in [0.15, 0.2) is 36.4 Å². The molecule has 8 heteroatoms. The highest BCUT2D eigenvalue weighted by atomic mass is 16.4. The molecule has 8 nitrogen and oxygen atoms in total. The summed E-state index contributed by atoms with van der Waals surface area (Å²) in [6.45, 7) is 0. The van der Waals surface area contributed by atoms with Crippen molar-refractivity contribution < 1.29 is 14.7 Å². The van der Waals surface area contributed by atoms with Gasteiger partial charge in [0.2, 0.25) is 5.65 Å². The molecule has 1 aliphatic carbocycles. The molecule has 0 saturated heterocycles. The van der Waals surface area contributed by atoms with E-state index < -0.39 is 11.9 Å². The quantitative estimate of drug-likeness (QED) is 0.670. The van der Waals surface area contributed by atoms with Crippen LogP contribution in [0.1, 0.15) is 40.0 Å². The van der Waals surface area contributed by atoms with E-state index in [-0.39, 0.29) is 17.6 Å². The van der Waals surface area contributed by atoms with Crippen LogP contribution in [0.2, 0.25) is 0 Å². The lowest BCUT2D eigenvalue weighted by atomic mass is 10.0. The number of hydrogen-bond acceptors (Lipinski definition) is 5. The molecule has 0 spiro atoms. The van der Waals surface area contributed by atoms with E-state index >= 15 is 0 Å². The SMILES string of the molecule is O=C(NC1CC(C(=O)O)c2ccccc21)c1ccc2n[nH]nc2n1. The molecule has 2 aromatic heterocycles. The summed E-state index contributed by atoms with van der Waals surface area (Å²) in [5.74, 6) is -1.87. The van der Waals surface area contributed by atoms with Gasteiger partial charge in [0.1, 0.15) is 11.2 Å².